The first kappa shape index (κ1) is 11.3. The molecule has 13 heavy (non-hydrogen) atoms. The normalized spacial score (nSPS) is 23.3. The van der Waals surface area contributed by atoms with Gasteiger partial charge in [0.15, 0.2) is 0 Å². The van der Waals surface area contributed by atoms with Crippen LogP contribution in [0.15, 0.2) is 0 Å². The van der Waals surface area contributed by atoms with Gasteiger partial charge in [0.25, 0.3) is 0 Å². The van der Waals surface area contributed by atoms with Gasteiger partial charge in [-0.3, -0.25) is 0 Å². The van der Waals surface area contributed by atoms with E-state index >= 15 is 0 Å². The number of rotatable bonds is 5. The Morgan fingerprint density at radius 3 is 2.46 bits per heavy atom. The van der Waals surface area contributed by atoms with Gasteiger partial charge in [0.1, 0.15) is 0 Å². The number of nitrogens with one attached hydrogen (secondary N) is 1. The van der Waals surface area contributed by atoms with E-state index in [2.05, 4.69) is 19.2 Å². The van der Waals surface area contributed by atoms with Gasteiger partial charge in [-0.15, -0.1) is 11.6 Å². The van der Waals surface area contributed by atoms with E-state index in [1.807, 2.05) is 0 Å². The molecule has 0 radical (unpaired) electrons. The van der Waals surface area contributed by atoms with Crippen LogP contribution in [0, 0.1) is 11.8 Å². The maximum atomic E-state index is 5.80. The van der Waals surface area contributed by atoms with E-state index in [0.29, 0.717) is 12.0 Å². The summed E-state index contributed by atoms with van der Waals surface area (Å²) in [7, 11) is 0. The van der Waals surface area contributed by atoms with E-state index in [1.54, 1.807) is 0 Å². The predicted octanol–water partition coefficient (Wildman–Crippen LogP) is 3.03. The monoisotopic (exact) mass is 203 g/mol. The molecule has 0 aliphatic heterocycles. The number of hydrogen-bond acceptors (Lipinski definition) is 1. The summed E-state index contributed by atoms with van der Waals surface area (Å²) in [5.41, 5.74) is 0. The van der Waals surface area contributed by atoms with Crippen molar-refractivity contribution < 1.29 is 0 Å². The van der Waals surface area contributed by atoms with E-state index in [4.69, 9.17) is 11.6 Å². The van der Waals surface area contributed by atoms with Crippen LogP contribution in [0.2, 0.25) is 0 Å². The molecule has 2 heteroatoms. The second-order valence-electron chi connectivity index (χ2n) is 4.48. The smallest absolute Gasteiger partial charge is 0.0263 e. The van der Waals surface area contributed by atoms with Crippen molar-refractivity contribution in [3.8, 4) is 0 Å². The van der Waals surface area contributed by atoms with Crippen molar-refractivity contribution in [3.05, 3.63) is 0 Å². The molecule has 1 rings (SSSR count). The fraction of sp³-hybridized carbons (Fsp3) is 1.00. The quantitative estimate of drug-likeness (QED) is 0.678. The minimum Gasteiger partial charge on any atom is -0.314 e. The van der Waals surface area contributed by atoms with Crippen molar-refractivity contribution in [2.75, 3.05) is 12.4 Å². The zero-order chi connectivity index (χ0) is 9.68. The summed E-state index contributed by atoms with van der Waals surface area (Å²) in [6, 6.07) is 0.568. The van der Waals surface area contributed by atoms with Crippen LogP contribution in [0.1, 0.15) is 39.5 Å². The SMILES string of the molecule is CC(CCl)C(C)NCC1CCCC1. The van der Waals surface area contributed by atoms with Crippen LogP contribution in [-0.4, -0.2) is 18.5 Å². The lowest BCUT2D eigenvalue weighted by Gasteiger charge is -2.21. The minimum absolute atomic E-state index is 0.568. The molecule has 0 heterocycles. The third kappa shape index (κ3) is 3.86. The van der Waals surface area contributed by atoms with Gasteiger partial charge >= 0.3 is 0 Å². The average Bonchev–Trinajstić information content (AvgIpc) is 2.65. The molecular weight excluding hydrogens is 182 g/mol. The van der Waals surface area contributed by atoms with Gasteiger partial charge in [-0.25, -0.2) is 0 Å². The van der Waals surface area contributed by atoms with Crippen LogP contribution in [-0.2, 0) is 0 Å². The Morgan fingerprint density at radius 2 is 1.92 bits per heavy atom. The van der Waals surface area contributed by atoms with Crippen molar-refractivity contribution in [1.82, 2.24) is 5.32 Å². The molecule has 0 aromatic heterocycles. The fourth-order valence-corrected chi connectivity index (χ4v) is 2.17. The zero-order valence-electron chi connectivity index (χ0n) is 8.85. The molecule has 0 spiro atoms. The molecule has 0 aromatic rings. The fourth-order valence-electron chi connectivity index (χ4n) is 1.90. The lowest BCUT2D eigenvalue weighted by molar-refractivity contribution is 0.386. The first-order valence-electron chi connectivity index (χ1n) is 5.53. The second-order valence-corrected chi connectivity index (χ2v) is 4.79. The molecular formula is C11H22ClN. The van der Waals surface area contributed by atoms with Crippen molar-refractivity contribution in [3.63, 3.8) is 0 Å². The molecule has 1 fully saturated rings. The van der Waals surface area contributed by atoms with E-state index < -0.39 is 0 Å². The van der Waals surface area contributed by atoms with Gasteiger partial charge in [0.2, 0.25) is 0 Å². The van der Waals surface area contributed by atoms with Crippen LogP contribution >= 0.6 is 11.6 Å². The summed E-state index contributed by atoms with van der Waals surface area (Å²) in [6.45, 7) is 5.64. The molecule has 2 atom stereocenters. The third-order valence-corrected chi connectivity index (χ3v) is 3.79. The summed E-state index contributed by atoms with van der Waals surface area (Å²) < 4.78 is 0. The van der Waals surface area contributed by atoms with Crippen LogP contribution < -0.4 is 5.32 Å². The van der Waals surface area contributed by atoms with E-state index in [0.717, 1.165) is 11.8 Å². The van der Waals surface area contributed by atoms with Crippen molar-refractivity contribution in [1.29, 1.82) is 0 Å². The molecule has 1 saturated carbocycles. The summed E-state index contributed by atoms with van der Waals surface area (Å²) >= 11 is 5.80. The number of hydrogen-bond donors (Lipinski definition) is 1. The lowest BCUT2D eigenvalue weighted by atomic mass is 10.0. The molecule has 0 aromatic carbocycles. The Balaban J connectivity index is 2.10. The van der Waals surface area contributed by atoms with Gasteiger partial charge in [0, 0.05) is 11.9 Å². The van der Waals surface area contributed by atoms with Crippen LogP contribution in [0.5, 0.6) is 0 Å². The topological polar surface area (TPSA) is 12.0 Å². The van der Waals surface area contributed by atoms with Crippen LogP contribution in [0.3, 0.4) is 0 Å². The third-order valence-electron chi connectivity index (χ3n) is 3.30. The molecule has 0 bridgehead atoms. The Morgan fingerprint density at radius 1 is 1.31 bits per heavy atom. The molecule has 78 valence electrons. The molecule has 1 aliphatic rings. The summed E-state index contributed by atoms with van der Waals surface area (Å²) in [4.78, 5) is 0. The first-order valence-corrected chi connectivity index (χ1v) is 6.07. The first-order chi connectivity index (χ1) is 6.24. The van der Waals surface area contributed by atoms with Gasteiger partial charge in [-0.05, 0) is 38.1 Å². The molecule has 1 aliphatic carbocycles. The van der Waals surface area contributed by atoms with E-state index in [1.165, 1.54) is 32.2 Å². The molecule has 0 amide bonds. The van der Waals surface area contributed by atoms with E-state index in [9.17, 15) is 0 Å². The summed E-state index contributed by atoms with van der Waals surface area (Å²) in [5, 5.41) is 3.59. The maximum Gasteiger partial charge on any atom is 0.0263 e. The highest BCUT2D eigenvalue weighted by Gasteiger charge is 2.17. The van der Waals surface area contributed by atoms with Crippen LogP contribution in [0.4, 0.5) is 0 Å². The standard InChI is InChI=1S/C11H22ClN/c1-9(7-12)10(2)13-8-11-5-3-4-6-11/h9-11,13H,3-8H2,1-2H3. The van der Waals surface area contributed by atoms with Crippen molar-refractivity contribution >= 4 is 11.6 Å². The predicted molar refractivity (Wildman–Crippen MR) is 59.3 cm³/mol. The average molecular weight is 204 g/mol. The Bertz CT molecular complexity index is 132. The Kier molecular flexibility index (Phi) is 5.12. The van der Waals surface area contributed by atoms with Gasteiger partial charge in [-0.1, -0.05) is 19.8 Å². The highest BCUT2D eigenvalue weighted by atomic mass is 35.5. The number of alkyl halides is 1. The molecule has 1 nitrogen and oxygen atoms in total. The minimum atomic E-state index is 0.568. The van der Waals surface area contributed by atoms with Gasteiger partial charge < -0.3 is 5.32 Å². The van der Waals surface area contributed by atoms with Crippen molar-refractivity contribution in [2.24, 2.45) is 11.8 Å². The highest BCUT2D eigenvalue weighted by Crippen LogP contribution is 2.24. The molecule has 0 saturated heterocycles. The zero-order valence-corrected chi connectivity index (χ0v) is 9.61. The largest absolute Gasteiger partial charge is 0.314 e. The Hall–Kier alpha value is 0.250. The maximum absolute atomic E-state index is 5.80. The number of halogens is 1. The lowest BCUT2D eigenvalue weighted by Crippen LogP contribution is -2.35. The van der Waals surface area contributed by atoms with Crippen molar-refractivity contribution in [2.45, 2.75) is 45.6 Å². The molecule has 1 N–H and O–H groups in total. The van der Waals surface area contributed by atoms with Crippen LogP contribution in [0.25, 0.3) is 0 Å². The highest BCUT2D eigenvalue weighted by molar-refractivity contribution is 6.18. The van der Waals surface area contributed by atoms with Gasteiger partial charge in [0.05, 0.1) is 0 Å². The van der Waals surface area contributed by atoms with E-state index in [-0.39, 0.29) is 0 Å². The second kappa shape index (κ2) is 5.87. The molecule has 2 unspecified atom stereocenters. The van der Waals surface area contributed by atoms with Gasteiger partial charge in [-0.2, -0.15) is 0 Å². The summed E-state index contributed by atoms with van der Waals surface area (Å²) in [5.74, 6) is 2.28. The summed E-state index contributed by atoms with van der Waals surface area (Å²) in [6.07, 6.45) is 5.72. The Labute approximate surface area is 87.2 Å².